The summed E-state index contributed by atoms with van der Waals surface area (Å²) < 4.78 is 0. The zero-order valence-electron chi connectivity index (χ0n) is 66.1. The third-order valence-electron chi connectivity index (χ3n) is 20.7. The van der Waals surface area contributed by atoms with E-state index in [9.17, 15) is 24.3 Å². The summed E-state index contributed by atoms with van der Waals surface area (Å²) >= 11 is 0. The lowest BCUT2D eigenvalue weighted by molar-refractivity contribution is -0.142. The Morgan fingerprint density at radius 2 is 0.551 bits per heavy atom. The number of aromatic amines is 5. The van der Waals surface area contributed by atoms with E-state index in [2.05, 4.69) is 88.7 Å². The van der Waals surface area contributed by atoms with Gasteiger partial charge in [0.05, 0.1) is 6.04 Å². The molecule has 0 aliphatic rings. The van der Waals surface area contributed by atoms with Gasteiger partial charge in [0.2, 0.25) is 53.2 Å². The number of aromatic nitrogens is 5. The standard InChI is InChI=1S/C83H106N24O11/c1-44(2)69(106-76(113)66(36-48-41-96-59-26-12-7-20-53(48)59)101-73(110)63(30-17-33-93-83(89)90)100-72(109)62(29-16-32-92-82(87)88)99-71(108)56(84)23-15-31-91-81(85)86)78(115)103-64(34-46-39-94-57-24-10-5-18-51(46)57)74(111)102-67(37-49-42-97-60-27-13-8-21-54(49)60)77(114)107-70(45(3)4)79(116)104-65(35-47-40-95-58-25-11-6-19-52(47)58)75(112)105-68(80(117)118)38-50-43-98-61-28-14-9-22-55(50)61/h5-14,18-22,24-28,39-45,56,62-70,94-98H,15-17,23,29-38,84H2,1-4H3,(H,99,108)(H,100,109)(H,101,110)(H,102,111)(H,103,115)(H,104,116)(H,105,112)(H,106,113)(H,107,114)(H,117,118)(H4,85,86,91)(H4,87,88,92)(H4,89,90,93)/t56-,62-,63-,64-,65-,66-,67-,68-,69-,70-/m0/s1. The van der Waals surface area contributed by atoms with Crippen LogP contribution in [0.25, 0.3) is 54.5 Å². The summed E-state index contributed by atoms with van der Waals surface area (Å²) in [4.78, 5) is 164. The number of aliphatic carboxylic acids is 1. The van der Waals surface area contributed by atoms with Gasteiger partial charge in [0.15, 0.2) is 17.9 Å². The van der Waals surface area contributed by atoms with Gasteiger partial charge in [-0.05, 0) is 109 Å². The van der Waals surface area contributed by atoms with E-state index in [0.29, 0.717) is 66.9 Å². The van der Waals surface area contributed by atoms with Gasteiger partial charge in [-0.3, -0.25) is 59.4 Å². The van der Waals surface area contributed by atoms with Crippen molar-refractivity contribution < 1.29 is 53.1 Å². The number of amides is 9. The number of carbonyl (C=O) groups is 10. The monoisotopic (exact) mass is 1610 g/mol. The smallest absolute Gasteiger partial charge is 0.326 e. The normalized spacial score (nSPS) is 14.0. The maximum absolute atomic E-state index is 15.7. The van der Waals surface area contributed by atoms with Gasteiger partial charge in [0.1, 0.15) is 54.4 Å². The van der Waals surface area contributed by atoms with E-state index in [4.69, 9.17) is 39.2 Å². The number of nitrogens with two attached hydrogens (primary N) is 4. The van der Waals surface area contributed by atoms with Gasteiger partial charge < -0.3 is 117 Å². The molecular weight excluding hydrogens is 1510 g/mol. The Morgan fingerprint density at radius 1 is 0.322 bits per heavy atom. The van der Waals surface area contributed by atoms with E-state index >= 15 is 28.8 Å². The van der Waals surface area contributed by atoms with Crippen LogP contribution in [0, 0.1) is 28.1 Å². The molecule has 0 saturated heterocycles. The van der Waals surface area contributed by atoms with Gasteiger partial charge >= 0.3 is 5.97 Å². The van der Waals surface area contributed by atoms with Crippen LogP contribution in [0.1, 0.15) is 94.0 Å². The Morgan fingerprint density at radius 3 is 0.831 bits per heavy atom. The number of guanidine groups is 3. The van der Waals surface area contributed by atoms with E-state index < -0.39 is 131 Å². The lowest BCUT2D eigenvalue weighted by Crippen LogP contribution is -2.62. The summed E-state index contributed by atoms with van der Waals surface area (Å²) in [5, 5.41) is 70.5. The van der Waals surface area contributed by atoms with Crippen molar-refractivity contribution in [3.05, 3.63) is 180 Å². The Hall–Kier alpha value is -13.7. The van der Waals surface area contributed by atoms with Gasteiger partial charge in [0.25, 0.3) is 0 Å². The molecule has 5 aromatic heterocycles. The third kappa shape index (κ3) is 23.5. The van der Waals surface area contributed by atoms with Crippen LogP contribution in [0.5, 0.6) is 0 Å². The Labute approximate surface area is 679 Å². The van der Waals surface area contributed by atoms with Crippen molar-refractivity contribution >= 4 is 132 Å². The van der Waals surface area contributed by atoms with Crippen molar-refractivity contribution in [2.24, 2.45) is 34.8 Å². The molecule has 118 heavy (non-hydrogen) atoms. The number of hydrogen-bond donors (Lipinski definition) is 25. The van der Waals surface area contributed by atoms with Crippen LogP contribution >= 0.6 is 0 Å². The molecule has 624 valence electrons. The van der Waals surface area contributed by atoms with E-state index in [1.54, 1.807) is 70.8 Å². The van der Waals surface area contributed by atoms with Crippen LogP contribution in [0.15, 0.2) is 152 Å². The van der Waals surface area contributed by atoms with E-state index in [0.717, 1.165) is 21.8 Å². The third-order valence-corrected chi connectivity index (χ3v) is 20.7. The Kier molecular flexibility index (Phi) is 30.1. The van der Waals surface area contributed by atoms with Gasteiger partial charge in [-0.1, -0.05) is 119 Å². The molecule has 5 heterocycles. The number of rotatable bonds is 43. The highest BCUT2D eigenvalue weighted by atomic mass is 16.4. The number of para-hydroxylation sites is 5. The first-order chi connectivity index (χ1) is 56.6. The average Bonchev–Trinajstić information content (AvgIpc) is 1.71. The molecule has 0 aliphatic carbocycles. The highest BCUT2D eigenvalue weighted by Gasteiger charge is 2.39. The van der Waals surface area contributed by atoms with Crippen molar-refractivity contribution in [2.75, 3.05) is 19.6 Å². The molecule has 0 fully saturated rings. The number of H-pyrrole nitrogens is 5. The second kappa shape index (κ2) is 41.0. The van der Waals surface area contributed by atoms with E-state index in [-0.39, 0.29) is 102 Å². The molecule has 29 N–H and O–H groups in total. The number of hydrogen-bond acceptors (Lipinski definition) is 14. The first-order valence-electron chi connectivity index (χ1n) is 39.3. The van der Waals surface area contributed by atoms with Crippen molar-refractivity contribution in [3.63, 3.8) is 0 Å². The second-order valence-corrected chi connectivity index (χ2v) is 30.1. The summed E-state index contributed by atoms with van der Waals surface area (Å²) in [6, 6.07) is 22.4. The maximum atomic E-state index is 15.7. The highest BCUT2D eigenvalue weighted by Crippen LogP contribution is 2.26. The van der Waals surface area contributed by atoms with Crippen LogP contribution in [-0.4, -0.2) is 187 Å². The van der Waals surface area contributed by atoms with Gasteiger partial charge in [-0.15, -0.1) is 0 Å². The molecule has 0 unspecified atom stereocenters. The molecular formula is C83H106N24O11. The minimum atomic E-state index is -1.52. The number of benzene rings is 5. The zero-order chi connectivity index (χ0) is 84.7. The summed E-state index contributed by atoms with van der Waals surface area (Å²) in [7, 11) is 0. The fourth-order valence-electron chi connectivity index (χ4n) is 14.4. The summed E-state index contributed by atoms with van der Waals surface area (Å²) in [5.74, 6) is -11.1. The van der Waals surface area contributed by atoms with Crippen LogP contribution in [0.2, 0.25) is 0 Å². The predicted octanol–water partition coefficient (Wildman–Crippen LogP) is 2.48. The molecule has 0 spiro atoms. The molecule has 10 aromatic rings. The molecule has 10 atom stereocenters. The van der Waals surface area contributed by atoms with E-state index in [1.807, 2.05) is 109 Å². The molecule has 0 saturated carbocycles. The molecule has 0 aliphatic heterocycles. The average molecular weight is 1620 g/mol. The van der Waals surface area contributed by atoms with Gasteiger partial charge in [-0.25, -0.2) is 4.79 Å². The van der Waals surface area contributed by atoms with Crippen molar-refractivity contribution in [1.29, 1.82) is 16.2 Å². The molecule has 5 aromatic carbocycles. The van der Waals surface area contributed by atoms with Crippen LogP contribution in [-0.2, 0) is 80.0 Å². The first kappa shape index (κ1) is 86.7. The van der Waals surface area contributed by atoms with Crippen molar-refractivity contribution in [2.45, 2.75) is 159 Å². The van der Waals surface area contributed by atoms with Crippen LogP contribution < -0.4 is 86.7 Å². The number of nitrogens with one attached hydrogen (secondary N) is 20. The highest BCUT2D eigenvalue weighted by molar-refractivity contribution is 6.01. The summed E-state index contributed by atoms with van der Waals surface area (Å²) in [5.41, 5.74) is 29.5. The number of carboxylic acids is 1. The van der Waals surface area contributed by atoms with Crippen LogP contribution in [0.3, 0.4) is 0 Å². The second-order valence-electron chi connectivity index (χ2n) is 30.1. The van der Waals surface area contributed by atoms with Crippen molar-refractivity contribution in [3.8, 4) is 0 Å². The fraction of sp³-hybridized carbons (Fsp3) is 0.361. The Balaban J connectivity index is 0.926. The van der Waals surface area contributed by atoms with Gasteiger partial charge in [0, 0.05) is 137 Å². The number of fused-ring (bicyclic) bond motifs is 5. The quantitative estimate of drug-likeness (QED) is 0.0148. The molecule has 10 rings (SSSR count). The summed E-state index contributed by atoms with van der Waals surface area (Å²) in [6.45, 7) is 7.13. The molecule has 35 heteroatoms. The van der Waals surface area contributed by atoms with E-state index in [1.165, 1.54) is 0 Å². The lowest BCUT2D eigenvalue weighted by Gasteiger charge is -2.30. The number of carboxylic acid groups (broad SMARTS) is 1. The van der Waals surface area contributed by atoms with Crippen molar-refractivity contribution in [1.82, 2.24) is 88.7 Å². The minimum absolute atomic E-state index is 0.0280. The largest absolute Gasteiger partial charge is 0.480 e. The first-order valence-corrected chi connectivity index (χ1v) is 39.3. The predicted molar refractivity (Wildman–Crippen MR) is 450 cm³/mol. The zero-order valence-corrected chi connectivity index (χ0v) is 66.1. The fourth-order valence-corrected chi connectivity index (χ4v) is 14.4. The minimum Gasteiger partial charge on any atom is -0.480 e. The molecule has 0 radical (unpaired) electrons. The molecule has 0 bridgehead atoms. The maximum Gasteiger partial charge on any atom is 0.326 e. The SMILES string of the molecule is CC(C)[C@H](NC(=O)[C@H](Cc1c[nH]c2ccccc12)NC(=O)[C@H](Cc1c[nH]c2ccccc12)NC(=O)[C@@H](NC(=O)[C@H](Cc1c[nH]c2ccccc12)NC(=O)[C@H](CCCNC(=N)N)NC(=O)[C@H](CCCNC(=N)N)NC(=O)[C@@H](N)CCCNC(=N)N)C(C)C)C(=O)N[C@@H](Cc1c[nH]c2ccccc12)C(=O)N[C@@H](Cc1c[nH]c2ccccc12)C(=O)O. The number of carbonyl (C=O) groups excluding carboxylic acids is 9. The van der Waals surface area contributed by atoms with Gasteiger partial charge in [-0.2, -0.15) is 0 Å². The summed E-state index contributed by atoms with van der Waals surface area (Å²) in [6.07, 6.45) is 8.32. The molecule has 35 nitrogen and oxygen atoms in total. The topological polar surface area (TPSA) is 590 Å². The Bertz CT molecular complexity index is 5250. The lowest BCUT2D eigenvalue weighted by atomic mass is 9.98. The van der Waals surface area contributed by atoms with Crippen LogP contribution in [0.4, 0.5) is 0 Å². The molecule has 9 amide bonds.